The Balaban J connectivity index is 2.06. The van der Waals surface area contributed by atoms with Gasteiger partial charge in [-0.25, -0.2) is 8.42 Å². The van der Waals surface area contributed by atoms with Crippen molar-refractivity contribution in [3.8, 4) is 0 Å². The second-order valence-electron chi connectivity index (χ2n) is 6.09. The summed E-state index contributed by atoms with van der Waals surface area (Å²) in [5.41, 5.74) is 0. The average Bonchev–Trinajstić information content (AvgIpc) is 2.80. The molecular weight excluding hydrogens is 302 g/mol. The molecular formula is C14H25N5O2S. The summed E-state index contributed by atoms with van der Waals surface area (Å²) in [5.74, 6) is 2.23. The minimum Gasteiger partial charge on any atom is -0.369 e. The molecule has 0 radical (unpaired) electrons. The Labute approximate surface area is 132 Å². The van der Waals surface area contributed by atoms with Crippen LogP contribution in [0.15, 0.2) is 6.20 Å². The van der Waals surface area contributed by atoms with E-state index in [0.717, 1.165) is 13.0 Å². The first-order valence-electron chi connectivity index (χ1n) is 7.82. The Morgan fingerprint density at radius 1 is 1.45 bits per heavy atom. The summed E-state index contributed by atoms with van der Waals surface area (Å²) in [6.45, 7) is 7.82. The number of anilines is 2. The standard InChI is InChI=1S/C14H25N5O2S/c1-4-19(12-6-8-22(20,21)10-12)14-17-13(9-16-18-14)15-7-5-11(2)3/h9,11-12H,4-8,10H2,1-3H3,(H,15,17,18). The van der Waals surface area contributed by atoms with Crippen molar-refractivity contribution in [3.63, 3.8) is 0 Å². The van der Waals surface area contributed by atoms with Gasteiger partial charge in [-0.3, -0.25) is 0 Å². The molecule has 0 aliphatic carbocycles. The van der Waals surface area contributed by atoms with E-state index >= 15 is 0 Å². The monoisotopic (exact) mass is 327 g/mol. The van der Waals surface area contributed by atoms with Crippen molar-refractivity contribution in [1.29, 1.82) is 0 Å². The van der Waals surface area contributed by atoms with E-state index in [1.165, 1.54) is 0 Å². The average molecular weight is 327 g/mol. The van der Waals surface area contributed by atoms with E-state index < -0.39 is 9.84 Å². The third-order valence-electron chi connectivity index (χ3n) is 3.82. The van der Waals surface area contributed by atoms with Crippen molar-refractivity contribution in [2.45, 2.75) is 39.7 Å². The summed E-state index contributed by atoms with van der Waals surface area (Å²) in [5, 5.41) is 11.3. The minimum atomic E-state index is -2.93. The van der Waals surface area contributed by atoms with Crippen molar-refractivity contribution in [1.82, 2.24) is 15.2 Å². The molecule has 1 aliphatic heterocycles. The fourth-order valence-electron chi connectivity index (χ4n) is 2.57. The van der Waals surface area contributed by atoms with Gasteiger partial charge in [-0.05, 0) is 25.7 Å². The van der Waals surface area contributed by atoms with Crippen LogP contribution in [-0.2, 0) is 9.84 Å². The van der Waals surface area contributed by atoms with Crippen molar-refractivity contribution >= 4 is 21.6 Å². The molecule has 1 unspecified atom stereocenters. The van der Waals surface area contributed by atoms with E-state index in [-0.39, 0.29) is 17.5 Å². The Bertz CT molecular complexity index is 591. The van der Waals surface area contributed by atoms with Crippen LogP contribution in [-0.4, -0.2) is 54.2 Å². The van der Waals surface area contributed by atoms with Crippen LogP contribution in [0.4, 0.5) is 11.8 Å². The summed E-state index contributed by atoms with van der Waals surface area (Å²) < 4.78 is 23.3. The predicted molar refractivity (Wildman–Crippen MR) is 87.9 cm³/mol. The van der Waals surface area contributed by atoms with Gasteiger partial charge in [-0.1, -0.05) is 13.8 Å². The molecule has 1 N–H and O–H groups in total. The number of sulfone groups is 1. The summed E-state index contributed by atoms with van der Waals surface area (Å²) in [7, 11) is -2.93. The van der Waals surface area contributed by atoms with Crippen LogP contribution in [0.1, 0.15) is 33.6 Å². The zero-order valence-corrected chi connectivity index (χ0v) is 14.3. The Morgan fingerprint density at radius 2 is 2.23 bits per heavy atom. The Kier molecular flexibility index (Phi) is 5.55. The first-order valence-corrected chi connectivity index (χ1v) is 9.64. The lowest BCUT2D eigenvalue weighted by Crippen LogP contribution is -2.37. The predicted octanol–water partition coefficient (Wildman–Crippen LogP) is 1.34. The maximum Gasteiger partial charge on any atom is 0.247 e. The molecule has 2 rings (SSSR count). The quantitative estimate of drug-likeness (QED) is 0.808. The van der Waals surface area contributed by atoms with E-state index in [1.807, 2.05) is 11.8 Å². The van der Waals surface area contributed by atoms with Crippen LogP contribution in [0.5, 0.6) is 0 Å². The molecule has 1 saturated heterocycles. The van der Waals surface area contributed by atoms with Crippen molar-refractivity contribution in [2.24, 2.45) is 5.92 Å². The number of hydrogen-bond acceptors (Lipinski definition) is 7. The number of rotatable bonds is 7. The van der Waals surface area contributed by atoms with Gasteiger partial charge >= 0.3 is 0 Å². The molecule has 1 fully saturated rings. The third kappa shape index (κ3) is 4.53. The highest BCUT2D eigenvalue weighted by molar-refractivity contribution is 7.91. The van der Waals surface area contributed by atoms with Gasteiger partial charge in [0.1, 0.15) is 0 Å². The lowest BCUT2D eigenvalue weighted by atomic mass is 10.1. The zero-order valence-electron chi connectivity index (χ0n) is 13.5. The fraction of sp³-hybridized carbons (Fsp3) is 0.786. The van der Waals surface area contributed by atoms with E-state index in [4.69, 9.17) is 0 Å². The summed E-state index contributed by atoms with van der Waals surface area (Å²) in [4.78, 5) is 6.42. The topological polar surface area (TPSA) is 88.1 Å². The lowest BCUT2D eigenvalue weighted by molar-refractivity contribution is 0.598. The van der Waals surface area contributed by atoms with Gasteiger partial charge < -0.3 is 10.2 Å². The first-order chi connectivity index (χ1) is 10.4. The molecule has 1 aliphatic rings. The third-order valence-corrected chi connectivity index (χ3v) is 5.57. The maximum absolute atomic E-state index is 11.7. The first kappa shape index (κ1) is 16.9. The van der Waals surface area contributed by atoms with Gasteiger partial charge in [0.25, 0.3) is 0 Å². The van der Waals surface area contributed by atoms with Gasteiger partial charge in [0, 0.05) is 19.1 Å². The van der Waals surface area contributed by atoms with Crippen LogP contribution in [0.3, 0.4) is 0 Å². The Hall–Kier alpha value is -1.44. The molecule has 0 saturated carbocycles. The SMILES string of the molecule is CCN(c1nncc(NCCC(C)C)n1)C1CCS(=O)(=O)C1. The number of nitrogens with zero attached hydrogens (tertiary/aromatic N) is 4. The molecule has 1 aromatic heterocycles. The van der Waals surface area contributed by atoms with Crippen molar-refractivity contribution < 1.29 is 8.42 Å². The molecule has 22 heavy (non-hydrogen) atoms. The maximum atomic E-state index is 11.7. The highest BCUT2D eigenvalue weighted by Crippen LogP contribution is 2.21. The Morgan fingerprint density at radius 3 is 2.82 bits per heavy atom. The molecule has 2 heterocycles. The molecule has 0 amide bonds. The van der Waals surface area contributed by atoms with Gasteiger partial charge in [0.2, 0.25) is 5.95 Å². The lowest BCUT2D eigenvalue weighted by Gasteiger charge is -2.26. The van der Waals surface area contributed by atoms with E-state index in [0.29, 0.717) is 30.6 Å². The van der Waals surface area contributed by atoms with E-state index in [1.54, 1.807) is 6.20 Å². The van der Waals surface area contributed by atoms with Crippen molar-refractivity contribution in [3.05, 3.63) is 6.20 Å². The van der Waals surface area contributed by atoms with Crippen LogP contribution in [0.25, 0.3) is 0 Å². The fourth-order valence-corrected chi connectivity index (χ4v) is 4.30. The number of aromatic nitrogens is 3. The largest absolute Gasteiger partial charge is 0.369 e. The van der Waals surface area contributed by atoms with Crippen LogP contribution < -0.4 is 10.2 Å². The second kappa shape index (κ2) is 7.21. The molecule has 8 heteroatoms. The van der Waals surface area contributed by atoms with Gasteiger partial charge in [-0.15, -0.1) is 5.10 Å². The molecule has 124 valence electrons. The summed E-state index contributed by atoms with van der Waals surface area (Å²) in [6, 6.07) is -0.0530. The zero-order chi connectivity index (χ0) is 16.2. The smallest absolute Gasteiger partial charge is 0.247 e. The highest BCUT2D eigenvalue weighted by Gasteiger charge is 2.33. The molecule has 0 bridgehead atoms. The normalized spacial score (nSPS) is 20.3. The highest BCUT2D eigenvalue weighted by atomic mass is 32.2. The minimum absolute atomic E-state index is 0.0530. The van der Waals surface area contributed by atoms with Crippen LogP contribution in [0.2, 0.25) is 0 Å². The summed E-state index contributed by atoms with van der Waals surface area (Å²) >= 11 is 0. The van der Waals surface area contributed by atoms with Gasteiger partial charge in [0.15, 0.2) is 15.7 Å². The van der Waals surface area contributed by atoms with Gasteiger partial charge in [0.05, 0.1) is 17.7 Å². The van der Waals surface area contributed by atoms with Gasteiger partial charge in [-0.2, -0.15) is 10.1 Å². The number of hydrogen-bond donors (Lipinski definition) is 1. The second-order valence-corrected chi connectivity index (χ2v) is 8.32. The van der Waals surface area contributed by atoms with Crippen LogP contribution >= 0.6 is 0 Å². The van der Waals surface area contributed by atoms with E-state index in [9.17, 15) is 8.42 Å². The van der Waals surface area contributed by atoms with Crippen LogP contribution in [0, 0.1) is 5.92 Å². The summed E-state index contributed by atoms with van der Waals surface area (Å²) in [6.07, 6.45) is 3.28. The molecule has 0 aromatic carbocycles. The number of nitrogens with one attached hydrogen (secondary N) is 1. The van der Waals surface area contributed by atoms with Crippen molar-refractivity contribution in [2.75, 3.05) is 34.8 Å². The molecule has 1 atom stereocenters. The van der Waals surface area contributed by atoms with E-state index in [2.05, 4.69) is 34.3 Å². The molecule has 0 spiro atoms. The molecule has 7 nitrogen and oxygen atoms in total. The molecule has 1 aromatic rings.